The zero-order valence-corrected chi connectivity index (χ0v) is 16.0. The van der Waals surface area contributed by atoms with E-state index >= 15 is 0 Å². The van der Waals surface area contributed by atoms with Gasteiger partial charge in [0, 0.05) is 46.7 Å². The summed E-state index contributed by atoms with van der Waals surface area (Å²) in [7, 11) is 5.08. The van der Waals surface area contributed by atoms with Gasteiger partial charge in [-0.2, -0.15) is 0 Å². The smallest absolute Gasteiger partial charge is 0.291 e. The molecule has 146 valence electrons. The number of aryl methyl sites for hydroxylation is 3. The normalized spacial score (nSPS) is 10.7. The van der Waals surface area contributed by atoms with Crippen molar-refractivity contribution in [2.75, 3.05) is 16.4 Å². The Labute approximate surface area is 161 Å². The third-order valence-corrected chi connectivity index (χ3v) is 4.22. The molecule has 2 amide bonds. The number of aromatic nitrogens is 4. The first-order valence-electron chi connectivity index (χ1n) is 8.41. The van der Waals surface area contributed by atoms with Gasteiger partial charge in [-0.05, 0) is 12.1 Å². The van der Waals surface area contributed by atoms with E-state index in [1.54, 1.807) is 54.8 Å². The van der Waals surface area contributed by atoms with Crippen LogP contribution in [-0.4, -0.2) is 36.3 Å². The average molecular weight is 383 g/mol. The summed E-state index contributed by atoms with van der Waals surface area (Å²) in [5.74, 6) is -0.500. The zero-order valence-electron chi connectivity index (χ0n) is 16.0. The Balaban J connectivity index is 1.75. The number of nitrogen functional groups attached to an aromatic ring is 1. The van der Waals surface area contributed by atoms with Gasteiger partial charge in [0.05, 0.1) is 17.1 Å². The number of carbonyl (C=O) groups excluding carboxylic acids is 3. The Morgan fingerprint density at radius 3 is 1.89 bits per heavy atom. The van der Waals surface area contributed by atoms with Crippen molar-refractivity contribution in [3.05, 3.63) is 47.9 Å². The molecule has 3 heterocycles. The second-order valence-electron chi connectivity index (χ2n) is 6.51. The monoisotopic (exact) mass is 383 g/mol. The van der Waals surface area contributed by atoms with Crippen molar-refractivity contribution >= 4 is 34.8 Å². The summed E-state index contributed by atoms with van der Waals surface area (Å²) in [4.78, 5) is 40.4. The number of hydrogen-bond donors (Lipinski definition) is 3. The van der Waals surface area contributed by atoms with Crippen molar-refractivity contribution in [1.82, 2.24) is 18.7 Å². The lowest BCUT2D eigenvalue weighted by Crippen LogP contribution is -2.16. The van der Waals surface area contributed by atoms with Crippen molar-refractivity contribution in [3.63, 3.8) is 0 Å². The fourth-order valence-corrected chi connectivity index (χ4v) is 2.92. The van der Waals surface area contributed by atoms with E-state index in [4.69, 9.17) is 5.73 Å². The summed E-state index contributed by atoms with van der Waals surface area (Å²) >= 11 is 0. The number of carbonyl (C=O) groups is 3. The van der Waals surface area contributed by atoms with Gasteiger partial charge in [0.2, 0.25) is 5.82 Å². The Morgan fingerprint density at radius 1 is 0.857 bits per heavy atom. The van der Waals surface area contributed by atoms with Crippen LogP contribution in [0.3, 0.4) is 0 Å². The molecule has 0 saturated heterocycles. The molecule has 0 unspecified atom stereocenters. The number of imidazole rings is 1. The van der Waals surface area contributed by atoms with E-state index in [9.17, 15) is 14.4 Å². The van der Waals surface area contributed by atoms with Crippen LogP contribution in [0.2, 0.25) is 0 Å². The van der Waals surface area contributed by atoms with Crippen molar-refractivity contribution in [2.24, 2.45) is 21.1 Å². The first-order chi connectivity index (χ1) is 13.2. The van der Waals surface area contributed by atoms with Crippen molar-refractivity contribution in [1.29, 1.82) is 0 Å². The average Bonchev–Trinajstić information content (AvgIpc) is 3.24. The molecular weight excluding hydrogens is 362 g/mol. The Bertz CT molecular complexity index is 1090. The number of nitrogens with zero attached hydrogens (tertiary/aromatic N) is 4. The highest BCUT2D eigenvalue weighted by atomic mass is 16.2. The lowest BCUT2D eigenvalue weighted by Gasteiger charge is -2.03. The van der Waals surface area contributed by atoms with E-state index in [0.717, 1.165) is 0 Å². The minimum Gasteiger partial charge on any atom is -0.382 e. The number of nitrogens with two attached hydrogens (primary N) is 1. The Morgan fingerprint density at radius 2 is 1.39 bits per heavy atom. The molecule has 0 saturated carbocycles. The number of ketones is 1. The van der Waals surface area contributed by atoms with Crippen molar-refractivity contribution in [3.8, 4) is 0 Å². The number of rotatable bonds is 5. The van der Waals surface area contributed by atoms with Gasteiger partial charge in [0.1, 0.15) is 11.5 Å². The predicted octanol–water partition coefficient (Wildman–Crippen LogP) is 1.39. The topological polar surface area (TPSA) is 129 Å². The summed E-state index contributed by atoms with van der Waals surface area (Å²) in [6, 6.07) is 3.16. The summed E-state index contributed by atoms with van der Waals surface area (Å²) < 4.78 is 4.75. The molecule has 3 aromatic rings. The standard InChI is InChI=1S/C18H21N7O3/c1-10(26)13-5-11(7-23(13)2)20-17(27)14-6-12(8-24(14)3)21-18(28)16-22-15(19)9-25(16)4/h5-9H,19H2,1-4H3,(H,20,27)(H,21,28). The van der Waals surface area contributed by atoms with Crippen LogP contribution >= 0.6 is 0 Å². The lowest BCUT2D eigenvalue weighted by molar-refractivity contribution is 0.0999. The van der Waals surface area contributed by atoms with Gasteiger partial charge < -0.3 is 30.1 Å². The predicted molar refractivity (Wildman–Crippen MR) is 104 cm³/mol. The zero-order chi connectivity index (χ0) is 20.6. The summed E-state index contributed by atoms with van der Waals surface area (Å²) in [5, 5.41) is 5.44. The molecule has 10 nitrogen and oxygen atoms in total. The summed E-state index contributed by atoms with van der Waals surface area (Å²) in [6.07, 6.45) is 4.81. The minimum absolute atomic E-state index is 0.0956. The van der Waals surface area contributed by atoms with Crippen molar-refractivity contribution in [2.45, 2.75) is 6.92 Å². The van der Waals surface area contributed by atoms with Crippen LogP contribution in [0.1, 0.15) is 38.5 Å². The fraction of sp³-hybridized carbons (Fsp3) is 0.222. The second kappa shape index (κ2) is 7.06. The van der Waals surface area contributed by atoms with Crippen molar-refractivity contribution < 1.29 is 14.4 Å². The van der Waals surface area contributed by atoms with Gasteiger partial charge >= 0.3 is 0 Å². The molecule has 0 aliphatic carbocycles. The van der Waals surface area contributed by atoms with Gasteiger partial charge in [0.25, 0.3) is 11.8 Å². The molecule has 0 aromatic carbocycles. The van der Waals surface area contributed by atoms with Crippen LogP contribution in [0.4, 0.5) is 17.2 Å². The number of anilines is 3. The summed E-state index contributed by atoms with van der Waals surface area (Å²) in [6.45, 7) is 1.46. The van der Waals surface area contributed by atoms with E-state index in [1.165, 1.54) is 17.7 Å². The molecule has 0 atom stereocenters. The maximum Gasteiger partial charge on any atom is 0.291 e. The number of amides is 2. The molecule has 0 bridgehead atoms. The molecule has 10 heteroatoms. The third kappa shape index (κ3) is 3.65. The van der Waals surface area contributed by atoms with Gasteiger partial charge in [0.15, 0.2) is 5.78 Å². The molecule has 0 spiro atoms. The van der Waals surface area contributed by atoms with Gasteiger partial charge in [-0.25, -0.2) is 4.98 Å². The van der Waals surface area contributed by atoms with Crippen LogP contribution in [-0.2, 0) is 21.1 Å². The molecule has 28 heavy (non-hydrogen) atoms. The highest BCUT2D eigenvalue weighted by Gasteiger charge is 2.18. The SMILES string of the molecule is CC(=O)c1cc(NC(=O)c2cc(NC(=O)c3nc(N)cn3C)cn2C)cn1C. The second-order valence-corrected chi connectivity index (χ2v) is 6.51. The van der Waals surface area contributed by atoms with E-state index in [2.05, 4.69) is 15.6 Å². The number of hydrogen-bond acceptors (Lipinski definition) is 5. The van der Waals surface area contributed by atoms with Crippen LogP contribution in [0.25, 0.3) is 0 Å². The highest BCUT2D eigenvalue weighted by molar-refractivity contribution is 6.06. The van der Waals surface area contributed by atoms with Gasteiger partial charge in [-0.1, -0.05) is 0 Å². The van der Waals surface area contributed by atoms with Gasteiger partial charge in [-0.3, -0.25) is 14.4 Å². The van der Waals surface area contributed by atoms with Crippen LogP contribution < -0.4 is 16.4 Å². The molecule has 0 radical (unpaired) electrons. The van der Waals surface area contributed by atoms with E-state index in [1.807, 2.05) is 0 Å². The van der Waals surface area contributed by atoms with Gasteiger partial charge in [-0.15, -0.1) is 0 Å². The quantitative estimate of drug-likeness (QED) is 0.573. The maximum atomic E-state index is 12.6. The van der Waals surface area contributed by atoms with Crippen LogP contribution in [0, 0.1) is 0 Å². The third-order valence-electron chi connectivity index (χ3n) is 4.22. The molecule has 3 rings (SSSR count). The fourth-order valence-electron chi connectivity index (χ4n) is 2.92. The largest absolute Gasteiger partial charge is 0.382 e. The molecule has 0 aliphatic heterocycles. The molecule has 4 N–H and O–H groups in total. The number of Topliss-reactive ketones (excluding diaryl/α,β-unsaturated/α-hetero) is 1. The maximum absolute atomic E-state index is 12.6. The molecule has 0 aliphatic rings. The number of nitrogens with one attached hydrogen (secondary N) is 2. The van der Waals surface area contributed by atoms with Crippen LogP contribution in [0.15, 0.2) is 30.7 Å². The van der Waals surface area contributed by atoms with Crippen LogP contribution in [0.5, 0.6) is 0 Å². The van der Waals surface area contributed by atoms with E-state index in [0.29, 0.717) is 22.8 Å². The Hall–Kier alpha value is -3.82. The first kappa shape index (κ1) is 19.0. The minimum atomic E-state index is -0.439. The van der Waals surface area contributed by atoms with E-state index in [-0.39, 0.29) is 23.3 Å². The first-order valence-corrected chi connectivity index (χ1v) is 8.41. The molecule has 0 fully saturated rings. The highest BCUT2D eigenvalue weighted by Crippen LogP contribution is 2.18. The lowest BCUT2D eigenvalue weighted by atomic mass is 10.3. The Kier molecular flexibility index (Phi) is 4.78. The molecular formula is C18H21N7O3. The van der Waals surface area contributed by atoms with E-state index < -0.39 is 5.91 Å². The molecule has 3 aromatic heterocycles. The summed E-state index contributed by atoms with van der Waals surface area (Å²) in [5.41, 5.74) is 7.37.